The van der Waals surface area contributed by atoms with Gasteiger partial charge in [0.2, 0.25) is 5.95 Å². The smallest absolute Gasteiger partial charge is 0.319 e. The quantitative estimate of drug-likeness (QED) is 0.286. The summed E-state index contributed by atoms with van der Waals surface area (Å²) in [5.41, 5.74) is 1.31. The summed E-state index contributed by atoms with van der Waals surface area (Å²) in [7, 11) is 1.85. The van der Waals surface area contributed by atoms with E-state index in [1.807, 2.05) is 53.4 Å². The van der Waals surface area contributed by atoms with E-state index in [4.69, 9.17) is 0 Å². The van der Waals surface area contributed by atoms with Gasteiger partial charge >= 0.3 is 5.97 Å². The average Bonchev–Trinajstić information content (AvgIpc) is 3.40. The molecule has 0 aliphatic rings. The van der Waals surface area contributed by atoms with Gasteiger partial charge in [-0.25, -0.2) is 9.97 Å². The zero-order chi connectivity index (χ0) is 27.2. The van der Waals surface area contributed by atoms with E-state index in [2.05, 4.69) is 28.8 Å². The number of benzene rings is 1. The maximum atomic E-state index is 13.4. The predicted octanol–water partition coefficient (Wildman–Crippen LogP) is 4.45. The molecule has 0 radical (unpaired) electrons. The number of aromatic nitrogens is 4. The normalized spacial score (nSPS) is 12.7. The first kappa shape index (κ1) is 28.0. The molecule has 37 heavy (non-hydrogen) atoms. The van der Waals surface area contributed by atoms with E-state index in [9.17, 15) is 14.7 Å². The third kappa shape index (κ3) is 6.40. The first-order chi connectivity index (χ1) is 17.6. The lowest BCUT2D eigenvalue weighted by molar-refractivity contribution is -0.138. The van der Waals surface area contributed by atoms with Crippen LogP contribution in [0.4, 0.5) is 5.95 Å². The van der Waals surface area contributed by atoms with Crippen molar-refractivity contribution in [1.82, 2.24) is 19.1 Å². The van der Waals surface area contributed by atoms with Gasteiger partial charge in [-0.05, 0) is 45.4 Å². The zero-order valence-electron chi connectivity index (χ0n) is 22.1. The van der Waals surface area contributed by atoms with Crippen molar-refractivity contribution < 1.29 is 14.7 Å². The largest absolute Gasteiger partial charge is 0.480 e. The van der Waals surface area contributed by atoms with Gasteiger partial charge in [-0.2, -0.15) is 0 Å². The van der Waals surface area contributed by atoms with Crippen LogP contribution in [0, 0.1) is 0 Å². The van der Waals surface area contributed by atoms with Crippen molar-refractivity contribution in [3.8, 4) is 11.4 Å². The molecule has 0 saturated carbocycles. The number of carbonyl (C=O) groups excluding carboxylic acids is 1. The molecule has 3 aromatic rings. The summed E-state index contributed by atoms with van der Waals surface area (Å²) in [6, 6.07) is 7.62. The fourth-order valence-electron chi connectivity index (χ4n) is 3.93. The number of carbonyl (C=O) groups is 2. The Morgan fingerprint density at radius 3 is 2.51 bits per heavy atom. The van der Waals surface area contributed by atoms with Crippen molar-refractivity contribution in [2.24, 2.45) is 7.05 Å². The summed E-state index contributed by atoms with van der Waals surface area (Å²) in [5, 5.41) is 14.0. The van der Waals surface area contributed by atoms with Crippen molar-refractivity contribution in [3.63, 3.8) is 0 Å². The standard InChI is InChI=1S/C28H35N5O3S/c1-7-10-11-17-33-23(25(34)31-27-30-21(12-8-2)22(9-3)32(27)6)18-29-24(33)19-13-15-20(16-14-19)37-28(4,5)26(35)36/h8-9,12-16,18H,2,7,10-11,17H2,1,3-6H3,(H,35,36)(H,30,31,34)/b21-12+,22-9+. The van der Waals surface area contributed by atoms with E-state index in [1.165, 1.54) is 11.8 Å². The van der Waals surface area contributed by atoms with Crippen LogP contribution in [0.3, 0.4) is 0 Å². The molecule has 2 heterocycles. The monoisotopic (exact) mass is 521 g/mol. The van der Waals surface area contributed by atoms with Crippen molar-refractivity contribution in [2.45, 2.75) is 63.1 Å². The van der Waals surface area contributed by atoms with Crippen LogP contribution in [0.25, 0.3) is 23.5 Å². The molecular formula is C28H35N5O3S. The third-order valence-corrected chi connectivity index (χ3v) is 7.21. The van der Waals surface area contributed by atoms with E-state index in [0.29, 0.717) is 24.0 Å². The molecule has 3 rings (SSSR count). The van der Waals surface area contributed by atoms with Gasteiger partial charge in [-0.1, -0.05) is 50.6 Å². The Morgan fingerprint density at radius 2 is 1.92 bits per heavy atom. The fourth-order valence-corrected chi connectivity index (χ4v) is 4.88. The molecular weight excluding hydrogens is 486 g/mol. The van der Waals surface area contributed by atoms with Crippen LogP contribution in [0.1, 0.15) is 57.4 Å². The number of unbranched alkanes of at least 4 members (excludes halogenated alkanes) is 2. The number of nitrogens with zero attached hydrogens (tertiary/aromatic N) is 4. The number of amides is 1. The second-order valence-electron chi connectivity index (χ2n) is 9.18. The predicted molar refractivity (Wildman–Crippen MR) is 150 cm³/mol. The fraction of sp³-hybridized carbons (Fsp3) is 0.357. The number of allylic oxidation sites excluding steroid dienone is 1. The Balaban J connectivity index is 1.94. The topological polar surface area (TPSA) is 102 Å². The molecule has 0 aliphatic carbocycles. The third-order valence-electron chi connectivity index (χ3n) is 6.02. The lowest BCUT2D eigenvalue weighted by atomic mass is 10.2. The van der Waals surface area contributed by atoms with Gasteiger partial charge in [0, 0.05) is 24.1 Å². The zero-order valence-corrected chi connectivity index (χ0v) is 22.9. The summed E-state index contributed by atoms with van der Waals surface area (Å²) >= 11 is 1.29. The van der Waals surface area contributed by atoms with E-state index in [1.54, 1.807) is 32.2 Å². The van der Waals surface area contributed by atoms with Crippen molar-refractivity contribution in [1.29, 1.82) is 0 Å². The second-order valence-corrected chi connectivity index (χ2v) is 10.9. The van der Waals surface area contributed by atoms with Crippen LogP contribution in [0.2, 0.25) is 0 Å². The van der Waals surface area contributed by atoms with E-state index >= 15 is 0 Å². The Hall–Kier alpha value is -3.59. The summed E-state index contributed by atoms with van der Waals surface area (Å²) < 4.78 is 2.84. The van der Waals surface area contributed by atoms with Crippen LogP contribution in [0.5, 0.6) is 0 Å². The van der Waals surface area contributed by atoms with Crippen LogP contribution in [0.15, 0.2) is 48.0 Å². The van der Waals surface area contributed by atoms with Gasteiger partial charge in [0.05, 0.1) is 16.9 Å². The van der Waals surface area contributed by atoms with Crippen molar-refractivity contribution in [3.05, 3.63) is 59.5 Å². The SMILES string of the molecule is C=C/C=c1/nc(NC(=O)c2cnc(-c3ccc(SC(C)(C)C(=O)O)cc3)n2CCCCC)n(C)/c1=C/C. The molecule has 1 amide bonds. The molecule has 196 valence electrons. The average molecular weight is 522 g/mol. The van der Waals surface area contributed by atoms with Gasteiger partial charge in [-0.15, -0.1) is 11.8 Å². The maximum absolute atomic E-state index is 13.4. The highest BCUT2D eigenvalue weighted by atomic mass is 32.2. The second kappa shape index (κ2) is 12.1. The molecule has 8 nitrogen and oxygen atoms in total. The summed E-state index contributed by atoms with van der Waals surface area (Å²) in [5.74, 6) is -0.0173. The Labute approximate surface area is 221 Å². The molecule has 0 unspecified atom stereocenters. The van der Waals surface area contributed by atoms with Gasteiger partial charge < -0.3 is 14.2 Å². The molecule has 0 bridgehead atoms. The number of thioether (sulfide) groups is 1. The van der Waals surface area contributed by atoms with E-state index in [0.717, 1.165) is 40.4 Å². The van der Waals surface area contributed by atoms with Crippen LogP contribution < -0.4 is 16.0 Å². The highest BCUT2D eigenvalue weighted by molar-refractivity contribution is 8.01. The number of imidazole rings is 2. The number of hydrogen-bond acceptors (Lipinski definition) is 5. The van der Waals surface area contributed by atoms with E-state index in [-0.39, 0.29) is 5.91 Å². The molecule has 0 fully saturated rings. The minimum Gasteiger partial charge on any atom is -0.480 e. The Bertz CT molecular complexity index is 1400. The molecule has 1 aromatic carbocycles. The molecule has 0 atom stereocenters. The van der Waals surface area contributed by atoms with E-state index < -0.39 is 10.7 Å². The Kier molecular flexibility index (Phi) is 9.15. The molecule has 0 aliphatic heterocycles. The van der Waals surface area contributed by atoms with Crippen LogP contribution in [-0.2, 0) is 18.4 Å². The number of carboxylic acids is 1. The first-order valence-electron chi connectivity index (χ1n) is 12.3. The number of carboxylic acid groups (broad SMARTS) is 1. The lowest BCUT2D eigenvalue weighted by Gasteiger charge is -2.18. The van der Waals surface area contributed by atoms with Gasteiger partial charge in [0.1, 0.15) is 16.3 Å². The number of nitrogens with one attached hydrogen (secondary N) is 1. The molecule has 2 N–H and O–H groups in total. The first-order valence-corrected chi connectivity index (χ1v) is 13.2. The highest BCUT2D eigenvalue weighted by Gasteiger charge is 2.28. The van der Waals surface area contributed by atoms with Crippen LogP contribution >= 0.6 is 11.8 Å². The summed E-state index contributed by atoms with van der Waals surface area (Å²) in [4.78, 5) is 34.9. The van der Waals surface area contributed by atoms with Crippen molar-refractivity contribution in [2.75, 3.05) is 5.32 Å². The lowest BCUT2D eigenvalue weighted by Crippen LogP contribution is -2.28. The number of aliphatic carboxylic acids is 1. The summed E-state index contributed by atoms with van der Waals surface area (Å²) in [6.07, 6.45) is 10.0. The number of anilines is 1. The minimum atomic E-state index is -0.935. The van der Waals surface area contributed by atoms with Gasteiger partial charge in [0.25, 0.3) is 5.91 Å². The number of hydrogen-bond donors (Lipinski definition) is 2. The number of rotatable bonds is 11. The Morgan fingerprint density at radius 1 is 1.22 bits per heavy atom. The van der Waals surface area contributed by atoms with Gasteiger partial charge in [-0.3, -0.25) is 14.9 Å². The molecule has 0 saturated heterocycles. The molecule has 9 heteroatoms. The summed E-state index contributed by atoms with van der Waals surface area (Å²) in [6.45, 7) is 11.8. The highest BCUT2D eigenvalue weighted by Crippen LogP contribution is 2.34. The van der Waals surface area contributed by atoms with Gasteiger partial charge in [0.15, 0.2) is 0 Å². The van der Waals surface area contributed by atoms with Crippen molar-refractivity contribution >= 4 is 41.7 Å². The maximum Gasteiger partial charge on any atom is 0.319 e. The molecule has 0 spiro atoms. The minimum absolute atomic E-state index is 0.286. The van der Waals surface area contributed by atoms with Crippen LogP contribution in [-0.4, -0.2) is 40.8 Å². The molecule has 2 aromatic heterocycles.